The van der Waals surface area contributed by atoms with Crippen molar-refractivity contribution in [1.29, 1.82) is 0 Å². The van der Waals surface area contributed by atoms with Crippen molar-refractivity contribution >= 4 is 31.4 Å². The topological polar surface area (TPSA) is 79.9 Å². The van der Waals surface area contributed by atoms with Gasteiger partial charge >= 0.3 is 0 Å². The Kier molecular flexibility index (Phi) is 3.41. The molecule has 0 radical (unpaired) electrons. The van der Waals surface area contributed by atoms with E-state index in [0.29, 0.717) is 10.2 Å². The number of benzene rings is 1. The number of H-pyrrole nitrogens is 1. The Hall–Kier alpha value is -1.99. The van der Waals surface area contributed by atoms with Crippen molar-refractivity contribution in [3.63, 3.8) is 0 Å². The summed E-state index contributed by atoms with van der Waals surface area (Å²) in [5, 5.41) is 0.153. The minimum Gasteiger partial charge on any atom is -0.297 e. The molecule has 0 saturated carbocycles. The second kappa shape index (κ2) is 5.03. The SMILES string of the molecule is Cc1ccc(-c2c(C)sc3nc(S(C)(=O)=O)[nH]c(=O)c23)cc1. The zero-order valence-corrected chi connectivity index (χ0v) is 13.9. The van der Waals surface area contributed by atoms with Crippen molar-refractivity contribution in [2.24, 2.45) is 0 Å². The van der Waals surface area contributed by atoms with E-state index < -0.39 is 15.4 Å². The second-order valence-electron chi connectivity index (χ2n) is 5.22. The Balaban J connectivity index is 2.36. The van der Waals surface area contributed by atoms with Crippen LogP contribution in [0.25, 0.3) is 21.3 Å². The largest absolute Gasteiger partial charge is 0.297 e. The standard InChI is InChI=1S/C15H14N2O3S2/c1-8-4-6-10(7-5-8)11-9(2)21-14-12(11)13(18)16-15(17-14)22(3,19)20/h4-7H,1-3H3,(H,16,17,18). The lowest BCUT2D eigenvalue weighted by Crippen LogP contribution is -2.14. The fraction of sp³-hybridized carbons (Fsp3) is 0.200. The zero-order valence-electron chi connectivity index (χ0n) is 12.3. The number of fused-ring (bicyclic) bond motifs is 1. The molecule has 0 aliphatic heterocycles. The molecule has 0 saturated heterocycles. The van der Waals surface area contributed by atoms with Gasteiger partial charge in [0, 0.05) is 16.7 Å². The van der Waals surface area contributed by atoms with E-state index in [1.165, 1.54) is 11.3 Å². The van der Waals surface area contributed by atoms with Gasteiger partial charge < -0.3 is 0 Å². The van der Waals surface area contributed by atoms with Crippen LogP contribution in [0.3, 0.4) is 0 Å². The predicted octanol–water partition coefficient (Wildman–Crippen LogP) is 2.67. The number of nitrogens with zero attached hydrogens (tertiary/aromatic N) is 1. The molecule has 0 atom stereocenters. The van der Waals surface area contributed by atoms with E-state index in [9.17, 15) is 13.2 Å². The van der Waals surface area contributed by atoms with Crippen molar-refractivity contribution < 1.29 is 8.42 Å². The minimum atomic E-state index is -3.55. The summed E-state index contributed by atoms with van der Waals surface area (Å²) in [6.07, 6.45) is 1.03. The molecule has 0 amide bonds. The van der Waals surface area contributed by atoms with Gasteiger partial charge in [0.05, 0.1) is 5.39 Å². The predicted molar refractivity (Wildman–Crippen MR) is 88.3 cm³/mol. The van der Waals surface area contributed by atoms with E-state index >= 15 is 0 Å². The smallest absolute Gasteiger partial charge is 0.261 e. The molecule has 114 valence electrons. The molecule has 3 aromatic rings. The van der Waals surface area contributed by atoms with Crippen LogP contribution in [-0.2, 0) is 9.84 Å². The molecule has 0 aliphatic rings. The Morgan fingerprint density at radius 1 is 1.14 bits per heavy atom. The van der Waals surface area contributed by atoms with Crippen LogP contribution in [0.15, 0.2) is 34.2 Å². The number of aromatic amines is 1. The minimum absolute atomic E-state index is 0.290. The van der Waals surface area contributed by atoms with Crippen LogP contribution in [0.4, 0.5) is 0 Å². The number of aromatic nitrogens is 2. The molecule has 2 heterocycles. The van der Waals surface area contributed by atoms with Crippen LogP contribution in [0.2, 0.25) is 0 Å². The highest BCUT2D eigenvalue weighted by molar-refractivity contribution is 7.90. The Bertz CT molecular complexity index is 1030. The third kappa shape index (κ3) is 2.46. The van der Waals surface area contributed by atoms with Gasteiger partial charge in [-0.15, -0.1) is 11.3 Å². The monoisotopic (exact) mass is 334 g/mol. The lowest BCUT2D eigenvalue weighted by Gasteiger charge is -2.03. The van der Waals surface area contributed by atoms with Gasteiger partial charge in [0.25, 0.3) is 5.56 Å². The molecule has 22 heavy (non-hydrogen) atoms. The number of thiophene rings is 1. The molecule has 3 rings (SSSR count). The summed E-state index contributed by atoms with van der Waals surface area (Å²) in [5.41, 5.74) is 2.44. The van der Waals surface area contributed by atoms with Crippen molar-refractivity contribution in [3.05, 3.63) is 45.1 Å². The first-order valence-corrected chi connectivity index (χ1v) is 9.28. The van der Waals surface area contributed by atoms with Gasteiger partial charge in [0.1, 0.15) is 4.83 Å². The quantitative estimate of drug-likeness (QED) is 0.731. The molecular weight excluding hydrogens is 320 g/mol. The molecule has 0 fully saturated rings. The average Bonchev–Trinajstić information content (AvgIpc) is 2.75. The Labute approximate surface area is 131 Å². The number of hydrogen-bond donors (Lipinski definition) is 1. The first-order valence-electron chi connectivity index (χ1n) is 6.58. The Morgan fingerprint density at radius 3 is 2.36 bits per heavy atom. The first kappa shape index (κ1) is 14.9. The van der Waals surface area contributed by atoms with Crippen LogP contribution >= 0.6 is 11.3 Å². The van der Waals surface area contributed by atoms with Crippen molar-refractivity contribution in [2.45, 2.75) is 19.0 Å². The average molecular weight is 334 g/mol. The van der Waals surface area contributed by atoms with Crippen molar-refractivity contribution in [3.8, 4) is 11.1 Å². The highest BCUT2D eigenvalue weighted by Gasteiger charge is 2.19. The lowest BCUT2D eigenvalue weighted by molar-refractivity contribution is 0.593. The van der Waals surface area contributed by atoms with E-state index in [0.717, 1.165) is 27.8 Å². The van der Waals surface area contributed by atoms with Gasteiger partial charge in [-0.25, -0.2) is 13.4 Å². The molecule has 0 bridgehead atoms. The van der Waals surface area contributed by atoms with Gasteiger partial charge in [-0.1, -0.05) is 29.8 Å². The van der Waals surface area contributed by atoms with Crippen molar-refractivity contribution in [1.82, 2.24) is 9.97 Å². The normalized spacial score (nSPS) is 12.0. The summed E-state index contributed by atoms with van der Waals surface area (Å²) in [6.45, 7) is 3.90. The summed E-state index contributed by atoms with van der Waals surface area (Å²) < 4.78 is 23.2. The van der Waals surface area contributed by atoms with E-state index in [4.69, 9.17) is 0 Å². The number of rotatable bonds is 2. The summed E-state index contributed by atoms with van der Waals surface area (Å²) >= 11 is 1.33. The highest BCUT2D eigenvalue weighted by atomic mass is 32.2. The zero-order chi connectivity index (χ0) is 16.1. The molecule has 5 nitrogen and oxygen atoms in total. The molecular formula is C15H14N2O3S2. The molecule has 7 heteroatoms. The maximum atomic E-state index is 12.4. The van der Waals surface area contributed by atoms with Crippen LogP contribution < -0.4 is 5.56 Å². The fourth-order valence-corrected chi connectivity index (χ4v) is 3.98. The molecule has 2 aromatic heterocycles. The van der Waals surface area contributed by atoms with E-state index in [-0.39, 0.29) is 5.16 Å². The van der Waals surface area contributed by atoms with E-state index in [1.54, 1.807) is 0 Å². The van der Waals surface area contributed by atoms with Crippen LogP contribution in [-0.4, -0.2) is 24.6 Å². The third-order valence-corrected chi connectivity index (χ3v) is 5.30. The van der Waals surface area contributed by atoms with E-state index in [2.05, 4.69) is 9.97 Å². The second-order valence-corrected chi connectivity index (χ2v) is 8.36. The van der Waals surface area contributed by atoms with Gasteiger partial charge in [-0.05, 0) is 19.4 Å². The Morgan fingerprint density at radius 2 is 1.77 bits per heavy atom. The fourth-order valence-electron chi connectivity index (χ4n) is 2.34. The molecule has 1 aromatic carbocycles. The van der Waals surface area contributed by atoms with Gasteiger partial charge in [0.2, 0.25) is 15.0 Å². The van der Waals surface area contributed by atoms with Crippen LogP contribution in [0.1, 0.15) is 10.4 Å². The molecule has 0 spiro atoms. The molecule has 1 N–H and O–H groups in total. The number of nitrogens with one attached hydrogen (secondary N) is 1. The highest BCUT2D eigenvalue weighted by Crippen LogP contribution is 2.35. The van der Waals surface area contributed by atoms with Gasteiger partial charge in [-0.3, -0.25) is 9.78 Å². The number of hydrogen-bond acceptors (Lipinski definition) is 5. The maximum Gasteiger partial charge on any atom is 0.261 e. The third-order valence-electron chi connectivity index (χ3n) is 3.41. The number of aryl methyl sites for hydroxylation is 2. The summed E-state index contributed by atoms with van der Waals surface area (Å²) in [5.74, 6) is 0. The number of sulfone groups is 1. The summed E-state index contributed by atoms with van der Waals surface area (Å²) in [7, 11) is -3.55. The van der Waals surface area contributed by atoms with Gasteiger partial charge in [0.15, 0.2) is 0 Å². The molecule has 0 unspecified atom stereocenters. The van der Waals surface area contributed by atoms with Crippen molar-refractivity contribution in [2.75, 3.05) is 6.26 Å². The van der Waals surface area contributed by atoms with Crippen LogP contribution in [0.5, 0.6) is 0 Å². The van der Waals surface area contributed by atoms with Gasteiger partial charge in [-0.2, -0.15) is 0 Å². The first-order chi connectivity index (χ1) is 10.3. The summed E-state index contributed by atoms with van der Waals surface area (Å²) in [4.78, 5) is 20.2. The summed E-state index contributed by atoms with van der Waals surface area (Å²) in [6, 6.07) is 7.86. The van der Waals surface area contributed by atoms with Crippen LogP contribution in [0, 0.1) is 13.8 Å². The maximum absolute atomic E-state index is 12.4. The molecule has 0 aliphatic carbocycles. The lowest BCUT2D eigenvalue weighted by atomic mass is 10.0. The van der Waals surface area contributed by atoms with E-state index in [1.807, 2.05) is 38.1 Å².